The summed E-state index contributed by atoms with van der Waals surface area (Å²) in [4.78, 5) is 29.7. The van der Waals surface area contributed by atoms with E-state index in [0.29, 0.717) is 41.1 Å². The molecule has 3 N–H and O–H groups in total. The summed E-state index contributed by atoms with van der Waals surface area (Å²) in [5.74, 6) is 1.49. The highest BCUT2D eigenvalue weighted by molar-refractivity contribution is 7.23. The van der Waals surface area contributed by atoms with Crippen LogP contribution in [0.2, 0.25) is 0 Å². The monoisotopic (exact) mass is 703 g/mol. The molecule has 1 aliphatic carbocycles. The Balaban J connectivity index is 1.30. The third kappa shape index (κ3) is 6.34. The summed E-state index contributed by atoms with van der Waals surface area (Å²) in [6, 6.07) is 16.8. The molecule has 10 nitrogen and oxygen atoms in total. The average Bonchev–Trinajstić information content (AvgIpc) is 3.99. The largest absolute Gasteiger partial charge is 0.496 e. The highest BCUT2D eigenvalue weighted by Crippen LogP contribution is 2.47. The molecule has 5 heterocycles. The van der Waals surface area contributed by atoms with E-state index in [1.807, 2.05) is 31.3 Å². The van der Waals surface area contributed by atoms with Crippen molar-refractivity contribution >= 4 is 33.2 Å². The molecule has 0 bridgehead atoms. The second-order valence-electron chi connectivity index (χ2n) is 12.9. The molecule has 0 spiro atoms. The third-order valence-electron chi connectivity index (χ3n) is 9.82. The molecule has 1 fully saturated rings. The number of ether oxygens (including phenoxy) is 2. The van der Waals surface area contributed by atoms with Crippen molar-refractivity contribution in [3.63, 3.8) is 0 Å². The van der Waals surface area contributed by atoms with Crippen molar-refractivity contribution in [3.8, 4) is 27.6 Å². The maximum Gasteiger partial charge on any atom is 0.340 e. The third-order valence-corrected chi connectivity index (χ3v) is 11.0. The van der Waals surface area contributed by atoms with Gasteiger partial charge >= 0.3 is 5.97 Å². The fourth-order valence-corrected chi connectivity index (χ4v) is 8.64. The first-order valence-electron chi connectivity index (χ1n) is 17.4. The molecule has 4 aromatic heterocycles. The summed E-state index contributed by atoms with van der Waals surface area (Å²) >= 11 is 1.58. The molecule has 1 aliphatic heterocycles. The van der Waals surface area contributed by atoms with Gasteiger partial charge in [0.15, 0.2) is 5.82 Å². The van der Waals surface area contributed by atoms with E-state index in [1.54, 1.807) is 30.6 Å². The van der Waals surface area contributed by atoms with Crippen LogP contribution in [0.4, 0.5) is 10.2 Å². The zero-order valence-corrected chi connectivity index (χ0v) is 29.3. The Bertz CT molecular complexity index is 2200. The maximum absolute atomic E-state index is 14.1. The van der Waals surface area contributed by atoms with Gasteiger partial charge in [0.2, 0.25) is 0 Å². The number of aromatic amines is 1. The molecule has 51 heavy (non-hydrogen) atoms. The predicted molar refractivity (Wildman–Crippen MR) is 196 cm³/mol. The van der Waals surface area contributed by atoms with Crippen LogP contribution in [-0.4, -0.2) is 51.4 Å². The molecule has 0 amide bonds. The van der Waals surface area contributed by atoms with Crippen molar-refractivity contribution in [1.82, 2.24) is 30.5 Å². The molecule has 2 aliphatic rings. The van der Waals surface area contributed by atoms with E-state index in [9.17, 15) is 9.18 Å². The van der Waals surface area contributed by atoms with Crippen molar-refractivity contribution in [2.75, 3.05) is 25.6 Å². The zero-order chi connectivity index (χ0) is 34.9. The molecule has 0 saturated carbocycles. The molecule has 12 heteroatoms. The van der Waals surface area contributed by atoms with Gasteiger partial charge in [0.1, 0.15) is 23.7 Å². The number of benzene rings is 2. The van der Waals surface area contributed by atoms with Crippen LogP contribution in [0.5, 0.6) is 5.75 Å². The van der Waals surface area contributed by atoms with E-state index < -0.39 is 5.97 Å². The number of pyridine rings is 2. The Morgan fingerprint density at radius 2 is 1.96 bits per heavy atom. The van der Waals surface area contributed by atoms with E-state index in [2.05, 4.69) is 37.9 Å². The summed E-state index contributed by atoms with van der Waals surface area (Å²) in [5.41, 5.74) is 6.71. The van der Waals surface area contributed by atoms with Crippen LogP contribution >= 0.6 is 11.3 Å². The highest BCUT2D eigenvalue weighted by atomic mass is 32.1. The fraction of sp³-hybridized carbons (Fsp3) is 0.308. The molecular weight excluding hydrogens is 666 g/mol. The molecule has 6 aromatic rings. The SMILES string of the molecule is CCOC(=O)c1c(C2CCCN2)nc(CCc2ccc(F)cc2)c(-c2ncn[nH]2)c1-c1cc2ccnc(NC3CCc4c(OC)cccc43)c2s1. The first-order valence-corrected chi connectivity index (χ1v) is 18.2. The number of hydrogen-bond acceptors (Lipinski definition) is 10. The lowest BCUT2D eigenvalue weighted by Gasteiger charge is -2.22. The van der Waals surface area contributed by atoms with E-state index in [0.717, 1.165) is 70.0 Å². The smallest absolute Gasteiger partial charge is 0.340 e. The molecule has 0 radical (unpaired) electrons. The van der Waals surface area contributed by atoms with E-state index >= 15 is 0 Å². The van der Waals surface area contributed by atoms with Crippen LogP contribution in [0.1, 0.15) is 76.7 Å². The molecular formula is C39H38FN7O3S. The van der Waals surface area contributed by atoms with Crippen LogP contribution in [0, 0.1) is 5.82 Å². The number of carbonyl (C=O) groups is 1. The van der Waals surface area contributed by atoms with E-state index in [-0.39, 0.29) is 24.5 Å². The number of rotatable bonds is 11. The number of esters is 1. The number of nitrogens with one attached hydrogen (secondary N) is 3. The van der Waals surface area contributed by atoms with Gasteiger partial charge < -0.3 is 20.1 Å². The molecule has 260 valence electrons. The quantitative estimate of drug-likeness (QED) is 0.116. The number of halogens is 1. The van der Waals surface area contributed by atoms with E-state index in [1.165, 1.54) is 29.6 Å². The minimum atomic E-state index is -0.431. The number of thiophene rings is 1. The summed E-state index contributed by atoms with van der Waals surface area (Å²) < 4.78 is 26.2. The maximum atomic E-state index is 14.1. The number of methoxy groups -OCH3 is 1. The Morgan fingerprint density at radius 3 is 2.73 bits per heavy atom. The summed E-state index contributed by atoms with van der Waals surface area (Å²) in [7, 11) is 1.71. The molecule has 2 atom stereocenters. The van der Waals surface area contributed by atoms with Crippen LogP contribution in [0.25, 0.3) is 31.9 Å². The first-order chi connectivity index (χ1) is 25.0. The fourth-order valence-electron chi connectivity index (χ4n) is 7.47. The van der Waals surface area contributed by atoms with Crippen LogP contribution in [0.15, 0.2) is 67.1 Å². The second kappa shape index (κ2) is 14.2. The summed E-state index contributed by atoms with van der Waals surface area (Å²) in [6.07, 6.45) is 8.08. The van der Waals surface area contributed by atoms with Gasteiger partial charge in [-0.15, -0.1) is 11.3 Å². The van der Waals surface area contributed by atoms with Gasteiger partial charge in [0, 0.05) is 22.2 Å². The van der Waals surface area contributed by atoms with Crippen LogP contribution in [0.3, 0.4) is 0 Å². The summed E-state index contributed by atoms with van der Waals surface area (Å²) in [6.45, 7) is 2.86. The number of anilines is 1. The van der Waals surface area contributed by atoms with Crippen LogP contribution in [-0.2, 0) is 24.0 Å². The normalized spacial score (nSPS) is 16.8. The number of hydrogen-bond donors (Lipinski definition) is 3. The standard InChI is InChI=1S/C39H38FN7O3S/c1-3-50-39(48)34-33(31-20-23-17-19-42-38(36(23)51-31)46-27-16-14-26-25(27)6-4-8-30(26)49-2)32(37-43-21-44-47-37)28(45-35(34)29-7-5-18-41-29)15-11-22-9-12-24(40)13-10-22/h4,6,8-10,12-13,17,19-21,27,29,41H,3,5,7,11,14-16,18H2,1-2H3,(H,42,46)(H,43,44,47). The van der Waals surface area contributed by atoms with Gasteiger partial charge in [-0.25, -0.2) is 19.2 Å². The van der Waals surface area contributed by atoms with Crippen molar-refractivity contribution < 1.29 is 18.7 Å². The Morgan fingerprint density at radius 1 is 1.08 bits per heavy atom. The van der Waals surface area contributed by atoms with Gasteiger partial charge in [0.05, 0.1) is 47.5 Å². The lowest BCUT2D eigenvalue weighted by molar-refractivity contribution is 0.0524. The minimum Gasteiger partial charge on any atom is -0.496 e. The van der Waals surface area contributed by atoms with Gasteiger partial charge in [-0.2, -0.15) is 5.10 Å². The summed E-state index contributed by atoms with van der Waals surface area (Å²) in [5, 5.41) is 15.6. The molecule has 2 unspecified atom stereocenters. The zero-order valence-electron chi connectivity index (χ0n) is 28.5. The molecule has 8 rings (SSSR count). The average molecular weight is 704 g/mol. The van der Waals surface area contributed by atoms with Crippen molar-refractivity contribution in [1.29, 1.82) is 0 Å². The number of nitrogens with zero attached hydrogens (tertiary/aromatic N) is 4. The van der Waals surface area contributed by atoms with Gasteiger partial charge in [0.25, 0.3) is 0 Å². The Kier molecular flexibility index (Phi) is 9.18. The number of aryl methyl sites for hydroxylation is 2. The lowest BCUT2D eigenvalue weighted by Crippen LogP contribution is -2.22. The van der Waals surface area contributed by atoms with Crippen molar-refractivity contribution in [3.05, 3.63) is 107 Å². The molecule has 1 saturated heterocycles. The molecule has 2 aromatic carbocycles. The Labute approximate surface area is 298 Å². The van der Waals surface area contributed by atoms with Crippen molar-refractivity contribution in [2.24, 2.45) is 0 Å². The van der Waals surface area contributed by atoms with Crippen LogP contribution < -0.4 is 15.4 Å². The number of fused-ring (bicyclic) bond motifs is 2. The van der Waals surface area contributed by atoms with E-state index in [4.69, 9.17) is 19.4 Å². The van der Waals surface area contributed by atoms with Crippen molar-refractivity contribution in [2.45, 2.75) is 57.5 Å². The second-order valence-corrected chi connectivity index (χ2v) is 13.9. The number of aromatic nitrogens is 5. The number of carbonyl (C=O) groups excluding carboxylic acids is 1. The first kappa shape index (κ1) is 33.0. The Hall–Kier alpha value is -5.20. The number of H-pyrrole nitrogens is 1. The predicted octanol–water partition coefficient (Wildman–Crippen LogP) is 7.78. The van der Waals surface area contributed by atoms with Gasteiger partial charge in [-0.3, -0.25) is 10.1 Å². The topological polar surface area (TPSA) is 127 Å². The lowest BCUT2D eigenvalue weighted by atomic mass is 9.91. The van der Waals surface area contributed by atoms with Gasteiger partial charge in [-0.1, -0.05) is 24.3 Å². The highest BCUT2D eigenvalue weighted by Gasteiger charge is 2.34. The minimum absolute atomic E-state index is 0.0811. The van der Waals surface area contributed by atoms with Gasteiger partial charge in [-0.05, 0) is 104 Å².